The Balaban J connectivity index is 1.92. The van der Waals surface area contributed by atoms with Gasteiger partial charge >= 0.3 is 0 Å². The summed E-state index contributed by atoms with van der Waals surface area (Å²) < 4.78 is 0. The van der Waals surface area contributed by atoms with Crippen LogP contribution >= 0.6 is 0 Å². The van der Waals surface area contributed by atoms with E-state index >= 15 is 0 Å². The van der Waals surface area contributed by atoms with Gasteiger partial charge in [0.05, 0.1) is 0 Å². The maximum absolute atomic E-state index is 4.01. The zero-order valence-electron chi connectivity index (χ0n) is 9.25. The zero-order valence-corrected chi connectivity index (χ0v) is 9.25. The highest BCUT2D eigenvalue weighted by Gasteiger charge is 2.26. The van der Waals surface area contributed by atoms with Crippen molar-refractivity contribution in [3.8, 4) is 0 Å². The molecule has 0 heterocycles. The number of hydrogen-bond acceptors (Lipinski definition) is 1. The summed E-state index contributed by atoms with van der Waals surface area (Å²) in [7, 11) is 0. The highest BCUT2D eigenvalue weighted by Crippen LogP contribution is 2.30. The first-order valence-electron chi connectivity index (χ1n) is 6.32. The van der Waals surface area contributed by atoms with Crippen LogP contribution in [-0.4, -0.2) is 17.0 Å². The Morgan fingerprint density at radius 2 is 1.21 bits per heavy atom. The monoisotopic (exact) mass is 193 g/mol. The van der Waals surface area contributed by atoms with Crippen LogP contribution < -0.4 is 0 Å². The molecule has 0 aromatic carbocycles. The Morgan fingerprint density at radius 3 is 1.64 bits per heavy atom. The molecule has 0 N–H and O–H groups in total. The van der Waals surface area contributed by atoms with Crippen LogP contribution in [0.3, 0.4) is 0 Å². The van der Waals surface area contributed by atoms with Crippen LogP contribution in [0.4, 0.5) is 0 Å². The molecule has 0 amide bonds. The van der Waals surface area contributed by atoms with Crippen LogP contribution in [-0.2, 0) is 0 Å². The minimum Gasteiger partial charge on any atom is -0.372 e. The van der Waals surface area contributed by atoms with Crippen molar-refractivity contribution >= 4 is 0 Å². The fraction of sp³-hybridized carbons (Fsp3) is 0.846. The highest BCUT2D eigenvalue weighted by atomic mass is 15.2. The lowest BCUT2D eigenvalue weighted by molar-refractivity contribution is 0.165. The van der Waals surface area contributed by atoms with E-state index in [0.717, 1.165) is 12.1 Å². The molecule has 0 atom stereocenters. The molecule has 80 valence electrons. The van der Waals surface area contributed by atoms with Crippen LogP contribution in [0.25, 0.3) is 0 Å². The summed E-state index contributed by atoms with van der Waals surface area (Å²) in [6.45, 7) is 4.01. The Labute approximate surface area is 88.2 Å². The van der Waals surface area contributed by atoms with Gasteiger partial charge in [-0.3, -0.25) is 0 Å². The number of hydrogen-bond donors (Lipinski definition) is 0. The molecule has 0 aliphatic heterocycles. The third-order valence-corrected chi connectivity index (χ3v) is 3.95. The van der Waals surface area contributed by atoms with E-state index in [1.165, 1.54) is 57.8 Å². The second-order valence-corrected chi connectivity index (χ2v) is 4.86. The lowest BCUT2D eigenvalue weighted by Gasteiger charge is -2.37. The maximum Gasteiger partial charge on any atom is 0.0287 e. The molecule has 2 fully saturated rings. The minimum atomic E-state index is 0.823. The van der Waals surface area contributed by atoms with Crippen LogP contribution in [0, 0.1) is 0 Å². The molecular formula is C13H23N. The summed E-state index contributed by atoms with van der Waals surface area (Å²) >= 11 is 0. The fourth-order valence-electron chi connectivity index (χ4n) is 3.18. The van der Waals surface area contributed by atoms with Crippen molar-refractivity contribution in [1.82, 2.24) is 4.90 Å². The molecule has 1 nitrogen and oxygen atoms in total. The normalized spacial score (nSPS) is 25.1. The highest BCUT2D eigenvalue weighted by molar-refractivity contribution is 4.89. The summed E-state index contributed by atoms with van der Waals surface area (Å²) in [5.74, 6) is 0. The van der Waals surface area contributed by atoms with Gasteiger partial charge in [0.2, 0.25) is 0 Å². The standard InChI is InChI=1S/C13H23N/c1-2-14(13-10-6-7-11-13)12-8-4-3-5-9-12/h2,12-13H,1,3-11H2. The molecule has 0 spiro atoms. The first-order valence-corrected chi connectivity index (χ1v) is 6.32. The van der Waals surface area contributed by atoms with Crippen LogP contribution in [0.5, 0.6) is 0 Å². The lowest BCUT2D eigenvalue weighted by atomic mass is 9.93. The molecule has 2 saturated carbocycles. The van der Waals surface area contributed by atoms with E-state index in [9.17, 15) is 0 Å². The van der Waals surface area contributed by atoms with Crippen molar-refractivity contribution in [3.63, 3.8) is 0 Å². The summed E-state index contributed by atoms with van der Waals surface area (Å²) in [5.41, 5.74) is 0. The third kappa shape index (κ3) is 2.13. The average Bonchev–Trinajstić information content (AvgIpc) is 2.74. The summed E-state index contributed by atoms with van der Waals surface area (Å²) in [5, 5.41) is 0. The Hall–Kier alpha value is -0.460. The van der Waals surface area contributed by atoms with E-state index in [-0.39, 0.29) is 0 Å². The maximum atomic E-state index is 4.01. The van der Waals surface area contributed by atoms with E-state index in [4.69, 9.17) is 0 Å². The second kappa shape index (κ2) is 4.86. The molecule has 14 heavy (non-hydrogen) atoms. The molecule has 0 aromatic heterocycles. The molecule has 2 aliphatic carbocycles. The number of nitrogens with zero attached hydrogens (tertiary/aromatic N) is 1. The second-order valence-electron chi connectivity index (χ2n) is 4.86. The predicted octanol–water partition coefficient (Wildman–Crippen LogP) is 3.71. The largest absolute Gasteiger partial charge is 0.372 e. The van der Waals surface area contributed by atoms with Gasteiger partial charge in [-0.15, -0.1) is 0 Å². The van der Waals surface area contributed by atoms with E-state index in [1.807, 2.05) is 0 Å². The molecule has 0 unspecified atom stereocenters. The van der Waals surface area contributed by atoms with Crippen LogP contribution in [0.2, 0.25) is 0 Å². The van der Waals surface area contributed by atoms with Gasteiger partial charge in [0.15, 0.2) is 0 Å². The Bertz CT molecular complexity index is 176. The van der Waals surface area contributed by atoms with Gasteiger partial charge in [0, 0.05) is 12.1 Å². The fourth-order valence-corrected chi connectivity index (χ4v) is 3.18. The van der Waals surface area contributed by atoms with Gasteiger partial charge in [-0.2, -0.15) is 0 Å². The van der Waals surface area contributed by atoms with E-state index in [2.05, 4.69) is 17.7 Å². The first kappa shape index (κ1) is 10.1. The van der Waals surface area contributed by atoms with Crippen LogP contribution in [0.15, 0.2) is 12.8 Å². The SMILES string of the molecule is C=CN(C1CCCCC1)C1CCCC1. The summed E-state index contributed by atoms with van der Waals surface area (Å²) in [6, 6.07) is 1.65. The topological polar surface area (TPSA) is 3.24 Å². The quantitative estimate of drug-likeness (QED) is 0.660. The molecule has 2 aliphatic rings. The Kier molecular flexibility index (Phi) is 3.49. The number of rotatable bonds is 3. The average molecular weight is 193 g/mol. The summed E-state index contributed by atoms with van der Waals surface area (Å²) in [4.78, 5) is 2.59. The molecular weight excluding hydrogens is 170 g/mol. The van der Waals surface area contributed by atoms with Crippen molar-refractivity contribution in [2.45, 2.75) is 69.9 Å². The molecule has 0 saturated heterocycles. The van der Waals surface area contributed by atoms with Gasteiger partial charge in [0.1, 0.15) is 0 Å². The molecule has 0 bridgehead atoms. The van der Waals surface area contributed by atoms with Crippen molar-refractivity contribution in [1.29, 1.82) is 0 Å². The van der Waals surface area contributed by atoms with Gasteiger partial charge in [-0.05, 0) is 31.9 Å². The molecule has 1 heteroatoms. The zero-order chi connectivity index (χ0) is 9.80. The van der Waals surface area contributed by atoms with Gasteiger partial charge in [-0.1, -0.05) is 38.7 Å². The van der Waals surface area contributed by atoms with Crippen molar-refractivity contribution < 1.29 is 0 Å². The summed E-state index contributed by atoms with van der Waals surface area (Å²) in [6.07, 6.45) is 14.9. The molecule has 2 rings (SSSR count). The molecule has 0 radical (unpaired) electrons. The van der Waals surface area contributed by atoms with E-state index < -0.39 is 0 Å². The smallest absolute Gasteiger partial charge is 0.0287 e. The lowest BCUT2D eigenvalue weighted by Crippen LogP contribution is -2.38. The van der Waals surface area contributed by atoms with E-state index in [1.54, 1.807) is 0 Å². The Morgan fingerprint density at radius 1 is 0.786 bits per heavy atom. The minimum absolute atomic E-state index is 0.823. The van der Waals surface area contributed by atoms with Crippen LogP contribution in [0.1, 0.15) is 57.8 Å². The van der Waals surface area contributed by atoms with Crippen molar-refractivity contribution in [2.75, 3.05) is 0 Å². The molecule has 0 aromatic rings. The van der Waals surface area contributed by atoms with Gasteiger partial charge in [0.25, 0.3) is 0 Å². The third-order valence-electron chi connectivity index (χ3n) is 3.95. The van der Waals surface area contributed by atoms with Crippen molar-refractivity contribution in [3.05, 3.63) is 12.8 Å². The van der Waals surface area contributed by atoms with E-state index in [0.29, 0.717) is 0 Å². The van der Waals surface area contributed by atoms with Crippen molar-refractivity contribution in [2.24, 2.45) is 0 Å². The van der Waals surface area contributed by atoms with Gasteiger partial charge < -0.3 is 4.90 Å². The first-order chi connectivity index (χ1) is 6.92. The van der Waals surface area contributed by atoms with Gasteiger partial charge in [-0.25, -0.2) is 0 Å². The predicted molar refractivity (Wildman–Crippen MR) is 61.2 cm³/mol.